The molecule has 1 rings (SSSR count). The van der Waals surface area contributed by atoms with Crippen molar-refractivity contribution in [2.75, 3.05) is 0 Å². The van der Waals surface area contributed by atoms with Crippen molar-refractivity contribution in [3.05, 3.63) is 29.6 Å². The predicted molar refractivity (Wildman–Crippen MR) is 48.9 cm³/mol. The normalized spacial score (nSPS) is 11.5. The Balaban J connectivity index is 2.65. The highest BCUT2D eigenvalue weighted by atomic mass is 32.2. The van der Waals surface area contributed by atoms with Gasteiger partial charge in [-0.1, -0.05) is 0 Å². The summed E-state index contributed by atoms with van der Waals surface area (Å²) >= 11 is 0. The first-order chi connectivity index (χ1) is 5.97. The van der Waals surface area contributed by atoms with E-state index >= 15 is 0 Å². The number of nitrogens with one attached hydrogen (secondary N) is 1. The van der Waals surface area contributed by atoms with Gasteiger partial charge in [0, 0.05) is 18.4 Å². The molecule has 1 aromatic heterocycles. The summed E-state index contributed by atoms with van der Waals surface area (Å²) in [4.78, 5) is 3.98. The quantitative estimate of drug-likeness (QED) is 0.703. The molecule has 0 amide bonds. The Labute approximate surface area is 77.2 Å². The third kappa shape index (κ3) is 3.97. The van der Waals surface area contributed by atoms with Gasteiger partial charge in [-0.05, 0) is 24.6 Å². The van der Waals surface area contributed by atoms with E-state index in [1.165, 1.54) is 0 Å². The molecule has 13 heavy (non-hydrogen) atoms. The minimum atomic E-state index is -3.61. The van der Waals surface area contributed by atoms with Crippen LogP contribution in [-0.4, -0.2) is 13.4 Å². The zero-order valence-electron chi connectivity index (χ0n) is 7.19. The van der Waals surface area contributed by atoms with Crippen LogP contribution in [0.1, 0.15) is 11.3 Å². The minimum Gasteiger partial charge on any atom is -0.262 e. The van der Waals surface area contributed by atoms with Gasteiger partial charge in [0.15, 0.2) is 0 Å². The van der Waals surface area contributed by atoms with Crippen LogP contribution >= 0.6 is 0 Å². The average molecular weight is 201 g/mol. The van der Waals surface area contributed by atoms with Gasteiger partial charge in [-0.15, -0.1) is 0 Å². The van der Waals surface area contributed by atoms with Crippen molar-refractivity contribution in [3.63, 3.8) is 0 Å². The second-order valence-electron chi connectivity index (χ2n) is 2.67. The summed E-state index contributed by atoms with van der Waals surface area (Å²) < 4.78 is 23.3. The maximum Gasteiger partial charge on any atom is 0.274 e. The highest BCUT2D eigenvalue weighted by Gasteiger charge is 2.00. The van der Waals surface area contributed by atoms with Crippen molar-refractivity contribution in [2.45, 2.75) is 13.5 Å². The average Bonchev–Trinajstić information content (AvgIpc) is 2.00. The first-order valence-corrected chi connectivity index (χ1v) is 5.21. The summed E-state index contributed by atoms with van der Waals surface area (Å²) in [5, 5.41) is 4.77. The molecule has 3 N–H and O–H groups in total. The molecular formula is C7H11N3O2S. The number of nitrogens with zero attached hydrogens (tertiary/aromatic N) is 1. The molecule has 0 saturated carbocycles. The molecule has 1 aromatic rings. The molecule has 0 radical (unpaired) electrons. The fourth-order valence-corrected chi connectivity index (χ4v) is 1.27. The number of rotatable bonds is 3. The van der Waals surface area contributed by atoms with Crippen molar-refractivity contribution >= 4 is 10.2 Å². The van der Waals surface area contributed by atoms with Crippen molar-refractivity contribution in [1.29, 1.82) is 0 Å². The molecule has 0 spiro atoms. The topological polar surface area (TPSA) is 85.1 Å². The van der Waals surface area contributed by atoms with Crippen LogP contribution in [0.15, 0.2) is 18.3 Å². The Hall–Kier alpha value is -0.980. The van der Waals surface area contributed by atoms with Crippen molar-refractivity contribution in [3.8, 4) is 0 Å². The van der Waals surface area contributed by atoms with Gasteiger partial charge in [0.05, 0.1) is 0 Å². The maximum atomic E-state index is 10.5. The standard InChI is InChI=1S/C7H11N3O2S/c1-6-4-7(2-3-9-6)5-10-13(8,11)12/h2-4,10H,5H2,1H3,(H2,8,11,12). The molecule has 0 aliphatic carbocycles. The molecule has 0 aromatic carbocycles. The van der Waals surface area contributed by atoms with Crippen LogP contribution in [-0.2, 0) is 16.8 Å². The van der Waals surface area contributed by atoms with Gasteiger partial charge >= 0.3 is 0 Å². The zero-order chi connectivity index (χ0) is 9.90. The summed E-state index contributed by atoms with van der Waals surface area (Å²) in [6, 6.07) is 3.52. The van der Waals surface area contributed by atoms with Gasteiger partial charge in [0.2, 0.25) is 0 Å². The number of aromatic nitrogens is 1. The van der Waals surface area contributed by atoms with Crippen LogP contribution in [0, 0.1) is 6.92 Å². The molecule has 0 bridgehead atoms. The monoisotopic (exact) mass is 201 g/mol. The molecule has 1 heterocycles. The van der Waals surface area contributed by atoms with Crippen LogP contribution in [0.3, 0.4) is 0 Å². The van der Waals surface area contributed by atoms with Gasteiger partial charge in [0.1, 0.15) is 0 Å². The predicted octanol–water partition coefficient (Wildman–Crippen LogP) is -0.317. The van der Waals surface area contributed by atoms with E-state index in [2.05, 4.69) is 9.71 Å². The van der Waals surface area contributed by atoms with E-state index in [1.54, 1.807) is 18.3 Å². The molecule has 0 aliphatic rings. The zero-order valence-corrected chi connectivity index (χ0v) is 8.00. The van der Waals surface area contributed by atoms with Crippen molar-refractivity contribution < 1.29 is 8.42 Å². The fraction of sp³-hybridized carbons (Fsp3) is 0.286. The number of nitrogens with two attached hydrogens (primary N) is 1. The summed E-state index contributed by atoms with van der Waals surface area (Å²) in [5.74, 6) is 0. The molecular weight excluding hydrogens is 190 g/mol. The van der Waals surface area contributed by atoms with Crippen molar-refractivity contribution in [2.24, 2.45) is 5.14 Å². The molecule has 0 atom stereocenters. The van der Waals surface area contributed by atoms with Crippen LogP contribution in [0.4, 0.5) is 0 Å². The lowest BCUT2D eigenvalue weighted by Gasteiger charge is -2.02. The van der Waals surface area contributed by atoms with Crippen LogP contribution in [0.5, 0.6) is 0 Å². The van der Waals surface area contributed by atoms with Gasteiger partial charge in [0.25, 0.3) is 10.2 Å². The summed E-state index contributed by atoms with van der Waals surface area (Å²) in [6.45, 7) is 2.03. The second-order valence-corrected chi connectivity index (χ2v) is 4.05. The fourth-order valence-electron chi connectivity index (χ4n) is 0.898. The van der Waals surface area contributed by atoms with Gasteiger partial charge < -0.3 is 0 Å². The Morgan fingerprint density at radius 2 is 2.31 bits per heavy atom. The van der Waals surface area contributed by atoms with E-state index in [9.17, 15) is 8.42 Å². The second kappa shape index (κ2) is 3.82. The van der Waals surface area contributed by atoms with Crippen LogP contribution < -0.4 is 9.86 Å². The van der Waals surface area contributed by atoms with E-state index in [1.807, 2.05) is 6.92 Å². The first-order valence-electron chi connectivity index (χ1n) is 3.66. The Morgan fingerprint density at radius 3 is 2.85 bits per heavy atom. The number of hydrogen-bond acceptors (Lipinski definition) is 3. The summed E-state index contributed by atoms with van der Waals surface area (Å²) in [6.07, 6.45) is 1.62. The SMILES string of the molecule is Cc1cc(CNS(N)(=O)=O)ccn1. The molecule has 0 fully saturated rings. The lowest BCUT2D eigenvalue weighted by molar-refractivity contribution is 0.583. The van der Waals surface area contributed by atoms with E-state index < -0.39 is 10.2 Å². The third-order valence-electron chi connectivity index (χ3n) is 1.44. The first kappa shape index (κ1) is 10.1. The van der Waals surface area contributed by atoms with Crippen molar-refractivity contribution in [1.82, 2.24) is 9.71 Å². The van der Waals surface area contributed by atoms with Crippen LogP contribution in [0.2, 0.25) is 0 Å². The van der Waals surface area contributed by atoms with Crippen LogP contribution in [0.25, 0.3) is 0 Å². The molecule has 5 nitrogen and oxygen atoms in total. The van der Waals surface area contributed by atoms with Gasteiger partial charge in [-0.3, -0.25) is 4.98 Å². The number of aryl methyl sites for hydroxylation is 1. The third-order valence-corrected chi connectivity index (χ3v) is 1.99. The molecule has 0 aliphatic heterocycles. The largest absolute Gasteiger partial charge is 0.274 e. The molecule has 6 heteroatoms. The van der Waals surface area contributed by atoms with E-state index in [-0.39, 0.29) is 6.54 Å². The smallest absolute Gasteiger partial charge is 0.262 e. The highest BCUT2D eigenvalue weighted by molar-refractivity contribution is 7.87. The Bertz CT molecular complexity index is 388. The summed E-state index contributed by atoms with van der Waals surface area (Å²) in [5.41, 5.74) is 1.68. The minimum absolute atomic E-state index is 0.197. The van der Waals surface area contributed by atoms with E-state index in [0.29, 0.717) is 0 Å². The molecule has 0 unspecified atom stereocenters. The lowest BCUT2D eigenvalue weighted by Crippen LogP contribution is -2.30. The lowest BCUT2D eigenvalue weighted by atomic mass is 10.2. The summed E-state index contributed by atoms with van der Waals surface area (Å²) in [7, 11) is -3.61. The molecule has 72 valence electrons. The Morgan fingerprint density at radius 1 is 1.62 bits per heavy atom. The van der Waals surface area contributed by atoms with Gasteiger partial charge in [-0.2, -0.15) is 13.1 Å². The molecule has 0 saturated heterocycles. The highest BCUT2D eigenvalue weighted by Crippen LogP contribution is 1.99. The number of hydrogen-bond donors (Lipinski definition) is 2. The maximum absolute atomic E-state index is 10.5. The Kier molecular flexibility index (Phi) is 2.97. The van der Waals surface area contributed by atoms with Gasteiger partial charge in [-0.25, -0.2) is 5.14 Å². The van der Waals surface area contributed by atoms with E-state index in [0.717, 1.165) is 11.3 Å². The van der Waals surface area contributed by atoms with E-state index in [4.69, 9.17) is 5.14 Å². The number of pyridine rings is 1.